The summed E-state index contributed by atoms with van der Waals surface area (Å²) in [6, 6.07) is 0. The van der Waals surface area contributed by atoms with Crippen LogP contribution in [0.3, 0.4) is 0 Å². The Labute approximate surface area is 166 Å². The number of amides is 1. The van der Waals surface area contributed by atoms with E-state index >= 15 is 0 Å². The molecule has 0 spiro atoms. The van der Waals surface area contributed by atoms with E-state index in [9.17, 15) is 4.79 Å². The van der Waals surface area contributed by atoms with Crippen molar-refractivity contribution in [3.05, 3.63) is 0 Å². The highest BCUT2D eigenvalue weighted by Crippen LogP contribution is 2.19. The first-order valence-electron chi connectivity index (χ1n) is 11.4. The number of aliphatic hydroxyl groups excluding tert-OH is 1. The van der Waals surface area contributed by atoms with Crippen LogP contribution in [-0.2, 0) is 9.47 Å². The minimum Gasteiger partial charge on any atom is -0.449 e. The minimum absolute atomic E-state index is 0.0434. The van der Waals surface area contributed by atoms with Crippen molar-refractivity contribution in [2.24, 2.45) is 5.92 Å². The molecule has 1 fully saturated rings. The number of aliphatic hydroxyl groups is 1. The number of nitrogens with one attached hydrogen (secondary N) is 1. The van der Waals surface area contributed by atoms with Gasteiger partial charge in [0.2, 0.25) is 0 Å². The van der Waals surface area contributed by atoms with Crippen LogP contribution in [0.4, 0.5) is 4.79 Å². The minimum atomic E-state index is -0.332. The standard InChI is InChI=1S/C22H43NO4/c1-2-3-4-5-6-7-8-9-10-11-12-13-14-15-23-22(25)27-19-20-16-21(17-24)26-18-20/h20-21,24H,2-19H2,1H3,(H,23,25). The summed E-state index contributed by atoms with van der Waals surface area (Å²) in [7, 11) is 0. The van der Waals surface area contributed by atoms with Crippen molar-refractivity contribution in [2.45, 2.75) is 103 Å². The van der Waals surface area contributed by atoms with E-state index in [1.807, 2.05) is 0 Å². The van der Waals surface area contributed by atoms with Crippen molar-refractivity contribution in [1.82, 2.24) is 5.32 Å². The molecule has 160 valence electrons. The summed E-state index contributed by atoms with van der Waals surface area (Å²) in [4.78, 5) is 11.6. The van der Waals surface area contributed by atoms with Crippen molar-refractivity contribution in [1.29, 1.82) is 0 Å². The van der Waals surface area contributed by atoms with Crippen molar-refractivity contribution in [3.8, 4) is 0 Å². The van der Waals surface area contributed by atoms with Crippen LogP contribution in [0.5, 0.6) is 0 Å². The van der Waals surface area contributed by atoms with E-state index < -0.39 is 0 Å². The zero-order valence-corrected chi connectivity index (χ0v) is 17.6. The lowest BCUT2D eigenvalue weighted by molar-refractivity contribution is 0.0547. The molecule has 0 aliphatic carbocycles. The summed E-state index contributed by atoms with van der Waals surface area (Å²) in [5.41, 5.74) is 0. The number of ether oxygens (including phenoxy) is 2. The highest BCUT2D eigenvalue weighted by molar-refractivity contribution is 5.67. The van der Waals surface area contributed by atoms with Crippen LogP contribution < -0.4 is 5.32 Å². The smallest absolute Gasteiger partial charge is 0.407 e. The predicted molar refractivity (Wildman–Crippen MR) is 110 cm³/mol. The number of hydrogen-bond donors (Lipinski definition) is 2. The van der Waals surface area contributed by atoms with Crippen LogP contribution >= 0.6 is 0 Å². The quantitative estimate of drug-likeness (QED) is 0.338. The van der Waals surface area contributed by atoms with Crippen LogP contribution in [0.15, 0.2) is 0 Å². The number of hydrogen-bond acceptors (Lipinski definition) is 4. The molecule has 1 aliphatic rings. The lowest BCUT2D eigenvalue weighted by atomic mass is 10.0. The topological polar surface area (TPSA) is 67.8 Å². The number of rotatable bonds is 17. The third-order valence-corrected chi connectivity index (χ3v) is 5.37. The van der Waals surface area contributed by atoms with Gasteiger partial charge in [-0.2, -0.15) is 0 Å². The normalized spacial score (nSPS) is 19.3. The summed E-state index contributed by atoms with van der Waals surface area (Å²) in [5, 5.41) is 11.8. The van der Waals surface area contributed by atoms with Gasteiger partial charge in [-0.25, -0.2) is 4.79 Å². The Morgan fingerprint density at radius 3 is 2.04 bits per heavy atom. The number of carbonyl (C=O) groups excluding carboxylic acids is 1. The van der Waals surface area contributed by atoms with Crippen molar-refractivity contribution < 1.29 is 19.4 Å². The Morgan fingerprint density at radius 1 is 0.963 bits per heavy atom. The van der Waals surface area contributed by atoms with E-state index in [1.54, 1.807) is 0 Å². The second-order valence-electron chi connectivity index (χ2n) is 8.01. The van der Waals surface area contributed by atoms with Crippen LogP contribution in [0.2, 0.25) is 0 Å². The monoisotopic (exact) mass is 385 g/mol. The molecule has 1 saturated heterocycles. The van der Waals surface area contributed by atoms with E-state index in [0.717, 1.165) is 12.8 Å². The summed E-state index contributed by atoms with van der Waals surface area (Å²) in [5.74, 6) is 0.212. The first kappa shape index (κ1) is 24.2. The van der Waals surface area contributed by atoms with E-state index in [-0.39, 0.29) is 24.7 Å². The molecule has 5 heteroatoms. The molecule has 0 aromatic rings. The fraction of sp³-hybridized carbons (Fsp3) is 0.955. The molecule has 5 nitrogen and oxygen atoms in total. The molecule has 27 heavy (non-hydrogen) atoms. The van der Waals surface area contributed by atoms with Gasteiger partial charge in [0.1, 0.15) is 0 Å². The average molecular weight is 386 g/mol. The first-order chi connectivity index (χ1) is 13.3. The van der Waals surface area contributed by atoms with Gasteiger partial charge in [0, 0.05) is 12.5 Å². The van der Waals surface area contributed by atoms with E-state index in [4.69, 9.17) is 14.6 Å². The van der Waals surface area contributed by atoms with Gasteiger partial charge in [0.05, 0.1) is 25.9 Å². The SMILES string of the molecule is CCCCCCCCCCCCCCCNC(=O)OCC1COC(CO)C1. The molecule has 1 aliphatic heterocycles. The van der Waals surface area contributed by atoms with Crippen molar-refractivity contribution >= 4 is 6.09 Å². The van der Waals surface area contributed by atoms with Gasteiger partial charge in [-0.1, -0.05) is 84.0 Å². The highest BCUT2D eigenvalue weighted by atomic mass is 16.6. The third kappa shape index (κ3) is 13.9. The molecule has 0 aromatic heterocycles. The predicted octanol–water partition coefficient (Wildman–Crippen LogP) is 5.20. The molecule has 2 N–H and O–H groups in total. The maximum Gasteiger partial charge on any atom is 0.407 e. The molecule has 1 heterocycles. The molecular formula is C22H43NO4. The molecule has 1 rings (SSSR count). The van der Waals surface area contributed by atoms with Crippen LogP contribution in [0, 0.1) is 5.92 Å². The van der Waals surface area contributed by atoms with E-state index in [1.165, 1.54) is 77.0 Å². The third-order valence-electron chi connectivity index (χ3n) is 5.37. The maximum atomic E-state index is 11.6. The van der Waals surface area contributed by atoms with Crippen molar-refractivity contribution in [2.75, 3.05) is 26.4 Å². The maximum absolute atomic E-state index is 11.6. The average Bonchev–Trinajstić information content (AvgIpc) is 3.15. The molecule has 1 amide bonds. The van der Waals surface area contributed by atoms with Crippen molar-refractivity contribution in [3.63, 3.8) is 0 Å². The number of unbranched alkanes of at least 4 members (excludes halogenated alkanes) is 12. The van der Waals surface area contributed by atoms with Gasteiger partial charge >= 0.3 is 6.09 Å². The zero-order chi connectivity index (χ0) is 19.6. The first-order valence-corrected chi connectivity index (χ1v) is 11.4. The van der Waals surface area contributed by atoms with Gasteiger partial charge in [0.25, 0.3) is 0 Å². The van der Waals surface area contributed by atoms with Gasteiger partial charge in [-0.15, -0.1) is 0 Å². The lowest BCUT2D eigenvalue weighted by Crippen LogP contribution is -2.27. The summed E-state index contributed by atoms with van der Waals surface area (Å²) >= 11 is 0. The lowest BCUT2D eigenvalue weighted by Gasteiger charge is -2.10. The van der Waals surface area contributed by atoms with Gasteiger partial charge in [-0.3, -0.25) is 0 Å². The molecule has 0 radical (unpaired) electrons. The fourth-order valence-electron chi connectivity index (χ4n) is 3.60. The summed E-state index contributed by atoms with van der Waals surface area (Å²) < 4.78 is 10.6. The summed E-state index contributed by atoms with van der Waals surface area (Å²) in [6.45, 7) is 3.94. The van der Waals surface area contributed by atoms with Gasteiger partial charge in [0.15, 0.2) is 0 Å². The van der Waals surface area contributed by atoms with Gasteiger partial charge in [-0.05, 0) is 12.8 Å². The Bertz CT molecular complexity index is 351. The molecule has 2 atom stereocenters. The Hall–Kier alpha value is -0.810. The molecule has 0 saturated carbocycles. The van der Waals surface area contributed by atoms with E-state index in [2.05, 4.69) is 12.2 Å². The van der Waals surface area contributed by atoms with Crippen LogP contribution in [0.25, 0.3) is 0 Å². The molecular weight excluding hydrogens is 342 g/mol. The second-order valence-corrected chi connectivity index (χ2v) is 8.01. The molecule has 0 bridgehead atoms. The van der Waals surface area contributed by atoms with Crippen LogP contribution in [0.1, 0.15) is 96.8 Å². The molecule has 2 unspecified atom stereocenters. The fourth-order valence-corrected chi connectivity index (χ4v) is 3.60. The number of alkyl carbamates (subject to hydrolysis) is 1. The van der Waals surface area contributed by atoms with Crippen LogP contribution in [-0.4, -0.2) is 43.7 Å². The molecule has 0 aromatic carbocycles. The van der Waals surface area contributed by atoms with Gasteiger partial charge < -0.3 is 19.9 Å². The summed E-state index contributed by atoms with van der Waals surface area (Å²) in [6.07, 6.45) is 17.6. The number of carbonyl (C=O) groups is 1. The van der Waals surface area contributed by atoms with E-state index in [0.29, 0.717) is 19.8 Å². The Balaban J connectivity index is 1.76. The highest BCUT2D eigenvalue weighted by Gasteiger charge is 2.25. The zero-order valence-electron chi connectivity index (χ0n) is 17.6. The largest absolute Gasteiger partial charge is 0.449 e. The Morgan fingerprint density at radius 2 is 1.52 bits per heavy atom. The second kappa shape index (κ2) is 17.3. The Kier molecular flexibility index (Phi) is 15.5.